The molecule has 1 N–H and O–H groups in total. The number of rotatable bonds is 4. The second kappa shape index (κ2) is 7.07. The number of nitrogens with zero attached hydrogens (tertiary/aromatic N) is 2. The first kappa shape index (κ1) is 16.5. The normalized spacial score (nSPS) is 12.0. The predicted molar refractivity (Wildman–Crippen MR) is 92.6 cm³/mol. The number of hydrogen-bond acceptors (Lipinski definition) is 4. The molecule has 24 heavy (non-hydrogen) atoms. The molecule has 0 aliphatic rings. The highest BCUT2D eigenvalue weighted by molar-refractivity contribution is 7.08. The third-order valence-corrected chi connectivity index (χ3v) is 4.51. The molecule has 1 amide bonds. The van der Waals surface area contributed by atoms with Crippen LogP contribution in [0, 0.1) is 5.82 Å². The molecule has 7 heteroatoms. The number of carbonyl (C=O) groups excluding carboxylic acids is 1. The average Bonchev–Trinajstić information content (AvgIpc) is 3.06. The fourth-order valence-corrected chi connectivity index (χ4v) is 2.95. The summed E-state index contributed by atoms with van der Waals surface area (Å²) >= 11 is 6.91. The van der Waals surface area contributed by atoms with E-state index in [-0.39, 0.29) is 17.8 Å². The molecule has 3 rings (SSSR count). The number of hydrogen-bond donors (Lipinski definition) is 1. The Labute approximate surface area is 147 Å². The largest absolute Gasteiger partial charge is 0.345 e. The summed E-state index contributed by atoms with van der Waals surface area (Å²) in [4.78, 5) is 13.0. The number of halogens is 2. The Morgan fingerprint density at radius 1 is 1.17 bits per heavy atom. The number of amides is 1. The van der Waals surface area contributed by atoms with Gasteiger partial charge in [-0.1, -0.05) is 40.4 Å². The van der Waals surface area contributed by atoms with Gasteiger partial charge in [-0.05, 0) is 48.3 Å². The summed E-state index contributed by atoms with van der Waals surface area (Å²) in [5.41, 5.74) is 2.10. The number of nitrogens with one attached hydrogen (secondary N) is 1. The Hall–Kier alpha value is -2.31. The maximum atomic E-state index is 13.0. The van der Waals surface area contributed by atoms with Crippen molar-refractivity contribution >= 4 is 29.0 Å². The lowest BCUT2D eigenvalue weighted by Gasteiger charge is -2.14. The van der Waals surface area contributed by atoms with Crippen molar-refractivity contribution in [2.24, 2.45) is 0 Å². The summed E-state index contributed by atoms with van der Waals surface area (Å²) < 4.78 is 16.9. The Morgan fingerprint density at radius 2 is 1.83 bits per heavy atom. The van der Waals surface area contributed by atoms with Gasteiger partial charge in [0.1, 0.15) is 16.4 Å². The van der Waals surface area contributed by atoms with Crippen LogP contribution in [0.5, 0.6) is 0 Å². The van der Waals surface area contributed by atoms with Crippen LogP contribution in [-0.4, -0.2) is 15.5 Å². The summed E-state index contributed by atoms with van der Waals surface area (Å²) in [6.07, 6.45) is 0. The molecule has 1 aromatic heterocycles. The van der Waals surface area contributed by atoms with E-state index in [2.05, 4.69) is 14.9 Å². The van der Waals surface area contributed by atoms with E-state index in [1.807, 2.05) is 6.92 Å². The van der Waals surface area contributed by atoms with Gasteiger partial charge in [-0.2, -0.15) is 0 Å². The molecule has 1 unspecified atom stereocenters. The van der Waals surface area contributed by atoms with Crippen LogP contribution in [0.2, 0.25) is 5.02 Å². The van der Waals surface area contributed by atoms with Crippen LogP contribution in [0.25, 0.3) is 11.3 Å². The van der Waals surface area contributed by atoms with Gasteiger partial charge in [0.25, 0.3) is 5.91 Å². The summed E-state index contributed by atoms with van der Waals surface area (Å²) in [6, 6.07) is 12.8. The van der Waals surface area contributed by atoms with Crippen molar-refractivity contribution in [3.8, 4) is 11.3 Å². The Bertz CT molecular complexity index is 849. The minimum atomic E-state index is -0.311. The first-order chi connectivity index (χ1) is 11.5. The van der Waals surface area contributed by atoms with Crippen LogP contribution in [0.3, 0.4) is 0 Å². The molecule has 0 saturated heterocycles. The van der Waals surface area contributed by atoms with Crippen molar-refractivity contribution in [1.29, 1.82) is 0 Å². The number of carbonyl (C=O) groups is 1. The first-order valence-corrected chi connectivity index (χ1v) is 8.34. The van der Waals surface area contributed by atoms with Gasteiger partial charge in [0.15, 0.2) is 0 Å². The maximum absolute atomic E-state index is 13.0. The molecule has 0 aliphatic carbocycles. The van der Waals surface area contributed by atoms with Gasteiger partial charge in [0.2, 0.25) is 0 Å². The molecule has 1 heterocycles. The monoisotopic (exact) mass is 361 g/mol. The van der Waals surface area contributed by atoms with Gasteiger partial charge in [0, 0.05) is 10.6 Å². The van der Waals surface area contributed by atoms with E-state index in [1.165, 1.54) is 12.1 Å². The summed E-state index contributed by atoms with van der Waals surface area (Å²) in [6.45, 7) is 1.83. The van der Waals surface area contributed by atoms with E-state index >= 15 is 0 Å². The molecule has 3 aromatic rings. The zero-order valence-corrected chi connectivity index (χ0v) is 14.2. The van der Waals surface area contributed by atoms with Crippen molar-refractivity contribution in [3.63, 3.8) is 0 Å². The molecule has 0 saturated carbocycles. The minimum Gasteiger partial charge on any atom is -0.345 e. The topological polar surface area (TPSA) is 54.9 Å². The molecule has 4 nitrogen and oxygen atoms in total. The molecule has 0 bridgehead atoms. The second-order valence-electron chi connectivity index (χ2n) is 5.20. The quantitative estimate of drug-likeness (QED) is 0.745. The zero-order valence-electron chi connectivity index (χ0n) is 12.7. The van der Waals surface area contributed by atoms with Gasteiger partial charge >= 0.3 is 0 Å². The molecule has 2 aromatic carbocycles. The van der Waals surface area contributed by atoms with E-state index in [1.54, 1.807) is 36.4 Å². The standard InChI is InChI=1S/C17H13ClFN3OS/c1-10(11-4-8-14(19)9-5-11)20-17(23)16-15(21-22-24-16)12-2-6-13(18)7-3-12/h2-10H,1H3,(H,20,23). The Morgan fingerprint density at radius 3 is 2.50 bits per heavy atom. The fraction of sp³-hybridized carbons (Fsp3) is 0.118. The van der Waals surface area contributed by atoms with Gasteiger partial charge in [-0.3, -0.25) is 4.79 Å². The molecular formula is C17H13ClFN3OS. The number of aromatic nitrogens is 2. The highest BCUT2D eigenvalue weighted by Gasteiger charge is 2.20. The average molecular weight is 362 g/mol. The number of benzene rings is 2. The van der Waals surface area contributed by atoms with Crippen LogP contribution in [0.4, 0.5) is 4.39 Å². The lowest BCUT2D eigenvalue weighted by Crippen LogP contribution is -2.26. The van der Waals surface area contributed by atoms with Crippen molar-refractivity contribution < 1.29 is 9.18 Å². The van der Waals surface area contributed by atoms with E-state index in [4.69, 9.17) is 11.6 Å². The minimum absolute atomic E-state index is 0.265. The summed E-state index contributed by atoms with van der Waals surface area (Å²) in [5, 5.41) is 7.54. The highest BCUT2D eigenvalue weighted by Crippen LogP contribution is 2.26. The third kappa shape index (κ3) is 3.60. The van der Waals surface area contributed by atoms with Crippen LogP contribution < -0.4 is 5.32 Å². The molecule has 122 valence electrons. The lowest BCUT2D eigenvalue weighted by molar-refractivity contribution is 0.0944. The fourth-order valence-electron chi connectivity index (χ4n) is 2.23. The maximum Gasteiger partial charge on any atom is 0.265 e. The SMILES string of the molecule is CC(NC(=O)c1snnc1-c1ccc(Cl)cc1)c1ccc(F)cc1. The molecular weight excluding hydrogens is 349 g/mol. The van der Waals surface area contributed by atoms with Crippen molar-refractivity contribution in [2.75, 3.05) is 0 Å². The highest BCUT2D eigenvalue weighted by atomic mass is 35.5. The molecule has 0 spiro atoms. The Kier molecular flexibility index (Phi) is 4.87. The van der Waals surface area contributed by atoms with E-state index in [9.17, 15) is 9.18 Å². The smallest absolute Gasteiger partial charge is 0.265 e. The van der Waals surface area contributed by atoms with Crippen LogP contribution in [0.15, 0.2) is 48.5 Å². The second-order valence-corrected chi connectivity index (χ2v) is 6.39. The van der Waals surface area contributed by atoms with E-state index in [0.717, 1.165) is 22.7 Å². The molecule has 0 aliphatic heterocycles. The van der Waals surface area contributed by atoms with Crippen LogP contribution >= 0.6 is 23.1 Å². The Balaban J connectivity index is 1.80. The van der Waals surface area contributed by atoms with Crippen molar-refractivity contribution in [1.82, 2.24) is 14.9 Å². The van der Waals surface area contributed by atoms with Crippen LogP contribution in [-0.2, 0) is 0 Å². The third-order valence-electron chi connectivity index (χ3n) is 3.53. The molecule has 0 radical (unpaired) electrons. The van der Waals surface area contributed by atoms with Crippen LogP contribution in [0.1, 0.15) is 28.2 Å². The summed E-state index contributed by atoms with van der Waals surface area (Å²) in [7, 11) is 0. The predicted octanol–water partition coefficient (Wildman–Crippen LogP) is 4.49. The first-order valence-electron chi connectivity index (χ1n) is 7.19. The lowest BCUT2D eigenvalue weighted by atomic mass is 10.1. The molecule has 1 atom stereocenters. The van der Waals surface area contributed by atoms with Crippen molar-refractivity contribution in [3.05, 3.63) is 69.8 Å². The zero-order chi connectivity index (χ0) is 17.1. The van der Waals surface area contributed by atoms with Gasteiger partial charge < -0.3 is 5.32 Å². The van der Waals surface area contributed by atoms with E-state index < -0.39 is 0 Å². The molecule has 0 fully saturated rings. The van der Waals surface area contributed by atoms with Gasteiger partial charge in [-0.15, -0.1) is 5.10 Å². The van der Waals surface area contributed by atoms with E-state index in [0.29, 0.717) is 15.6 Å². The van der Waals surface area contributed by atoms with Gasteiger partial charge in [0.05, 0.1) is 6.04 Å². The van der Waals surface area contributed by atoms with Crippen molar-refractivity contribution in [2.45, 2.75) is 13.0 Å². The van der Waals surface area contributed by atoms with Gasteiger partial charge in [-0.25, -0.2) is 4.39 Å². The summed E-state index contributed by atoms with van der Waals surface area (Å²) in [5.74, 6) is -0.583.